The molecule has 1 aromatic heterocycles. The van der Waals surface area contributed by atoms with Crippen molar-refractivity contribution in [2.24, 2.45) is 0 Å². The van der Waals surface area contributed by atoms with Crippen LogP contribution in [0, 0.1) is 0 Å². The van der Waals surface area contributed by atoms with Crippen LogP contribution in [0.2, 0.25) is 0 Å². The number of aromatic nitrogens is 1. The highest BCUT2D eigenvalue weighted by Gasteiger charge is 2.24. The molecule has 0 saturated carbocycles. The van der Waals surface area contributed by atoms with Crippen LogP contribution in [0.4, 0.5) is 5.82 Å². The highest BCUT2D eigenvalue weighted by molar-refractivity contribution is 5.37. The number of hydrogen-bond donors (Lipinski definition) is 1. The lowest BCUT2D eigenvalue weighted by Gasteiger charge is -2.39. The smallest absolute Gasteiger partial charge is 0.126 e. The molecule has 1 aliphatic heterocycles. The fourth-order valence-corrected chi connectivity index (χ4v) is 2.92. The van der Waals surface area contributed by atoms with Gasteiger partial charge in [-0.1, -0.05) is 13.3 Å². The molecule has 2 unspecified atom stereocenters. The Morgan fingerprint density at radius 1 is 1.32 bits per heavy atom. The Hall–Kier alpha value is -1.09. The van der Waals surface area contributed by atoms with Crippen LogP contribution in [-0.4, -0.2) is 28.5 Å². The summed E-state index contributed by atoms with van der Waals surface area (Å²) >= 11 is 0. The lowest BCUT2D eigenvalue weighted by molar-refractivity contribution is 0.0953. The van der Waals surface area contributed by atoms with Gasteiger partial charge in [0.05, 0.1) is 0 Å². The van der Waals surface area contributed by atoms with Gasteiger partial charge < -0.3 is 5.32 Å². The van der Waals surface area contributed by atoms with Crippen LogP contribution in [-0.2, 0) is 6.54 Å². The minimum atomic E-state index is 0.698. The Bertz CT molecular complexity index is 381. The second kappa shape index (κ2) is 6.90. The van der Waals surface area contributed by atoms with E-state index in [1.54, 1.807) is 0 Å². The Labute approximate surface area is 117 Å². The molecule has 0 amide bonds. The zero-order chi connectivity index (χ0) is 13.7. The van der Waals surface area contributed by atoms with Crippen LogP contribution < -0.4 is 5.32 Å². The number of pyridine rings is 1. The van der Waals surface area contributed by atoms with Gasteiger partial charge in [0.1, 0.15) is 5.82 Å². The average molecular weight is 261 g/mol. The van der Waals surface area contributed by atoms with E-state index in [4.69, 9.17) is 0 Å². The summed E-state index contributed by atoms with van der Waals surface area (Å²) in [7, 11) is 0. The van der Waals surface area contributed by atoms with Gasteiger partial charge in [-0.05, 0) is 50.8 Å². The summed E-state index contributed by atoms with van der Waals surface area (Å²) < 4.78 is 0. The third kappa shape index (κ3) is 3.93. The van der Waals surface area contributed by atoms with E-state index in [0.717, 1.165) is 25.3 Å². The van der Waals surface area contributed by atoms with Crippen molar-refractivity contribution in [1.82, 2.24) is 9.88 Å². The van der Waals surface area contributed by atoms with E-state index < -0.39 is 0 Å². The molecule has 0 aliphatic carbocycles. The number of hydrogen-bond acceptors (Lipinski definition) is 3. The van der Waals surface area contributed by atoms with E-state index >= 15 is 0 Å². The van der Waals surface area contributed by atoms with Crippen LogP contribution in [0.5, 0.6) is 0 Å². The summed E-state index contributed by atoms with van der Waals surface area (Å²) in [5, 5.41) is 3.36. The quantitative estimate of drug-likeness (QED) is 0.876. The molecule has 3 heteroatoms. The molecule has 2 atom stereocenters. The summed E-state index contributed by atoms with van der Waals surface area (Å²) in [6.07, 6.45) is 7.09. The van der Waals surface area contributed by atoms with E-state index in [1.807, 2.05) is 6.20 Å². The predicted octanol–water partition coefficient (Wildman–Crippen LogP) is 3.67. The normalized spacial score (nSPS) is 24.4. The Morgan fingerprint density at radius 2 is 2.05 bits per heavy atom. The van der Waals surface area contributed by atoms with Crippen LogP contribution in [0.15, 0.2) is 18.3 Å². The summed E-state index contributed by atoms with van der Waals surface area (Å²) in [6.45, 7) is 8.92. The molecule has 1 saturated heterocycles. The number of nitrogens with zero attached hydrogens (tertiary/aromatic N) is 2. The van der Waals surface area contributed by atoms with Gasteiger partial charge in [-0.25, -0.2) is 4.98 Å². The van der Waals surface area contributed by atoms with Gasteiger partial charge in [-0.2, -0.15) is 0 Å². The molecule has 0 radical (unpaired) electrons. The Kier molecular flexibility index (Phi) is 5.20. The maximum atomic E-state index is 4.38. The van der Waals surface area contributed by atoms with Gasteiger partial charge in [0, 0.05) is 31.4 Å². The molecule has 1 fully saturated rings. The van der Waals surface area contributed by atoms with Crippen molar-refractivity contribution in [3.05, 3.63) is 23.9 Å². The van der Waals surface area contributed by atoms with Crippen molar-refractivity contribution >= 4 is 5.82 Å². The first-order valence-corrected chi connectivity index (χ1v) is 7.65. The van der Waals surface area contributed by atoms with E-state index in [1.165, 1.54) is 24.8 Å². The summed E-state index contributed by atoms with van der Waals surface area (Å²) in [6, 6.07) is 5.74. The lowest BCUT2D eigenvalue weighted by Crippen LogP contribution is -2.42. The van der Waals surface area contributed by atoms with Gasteiger partial charge in [-0.15, -0.1) is 0 Å². The summed E-state index contributed by atoms with van der Waals surface area (Å²) in [5.41, 5.74) is 1.37. The standard InChI is InChI=1S/C16H27N3/c1-4-9-17-16-11-15(8-10-18-16)12-19-13(2)6-5-7-14(19)3/h8,10-11,13-14H,4-7,9,12H2,1-3H3,(H,17,18). The maximum absolute atomic E-state index is 4.38. The molecular weight excluding hydrogens is 234 g/mol. The molecule has 2 heterocycles. The molecule has 0 spiro atoms. The van der Waals surface area contributed by atoms with Crippen molar-refractivity contribution in [3.63, 3.8) is 0 Å². The third-order valence-electron chi connectivity index (χ3n) is 4.12. The van der Waals surface area contributed by atoms with Crippen LogP contribution in [0.3, 0.4) is 0 Å². The monoisotopic (exact) mass is 261 g/mol. The fraction of sp³-hybridized carbons (Fsp3) is 0.688. The molecule has 2 rings (SSSR count). The number of likely N-dealkylation sites (tertiary alicyclic amines) is 1. The zero-order valence-electron chi connectivity index (χ0n) is 12.5. The molecule has 19 heavy (non-hydrogen) atoms. The molecule has 106 valence electrons. The van der Waals surface area contributed by atoms with Gasteiger partial charge in [0.25, 0.3) is 0 Å². The Morgan fingerprint density at radius 3 is 2.74 bits per heavy atom. The first kappa shape index (κ1) is 14.3. The topological polar surface area (TPSA) is 28.2 Å². The number of anilines is 1. The average Bonchev–Trinajstić information content (AvgIpc) is 2.41. The molecular formula is C16H27N3. The molecule has 0 bridgehead atoms. The molecule has 0 aromatic carbocycles. The van der Waals surface area contributed by atoms with Crippen LogP contribution in [0.1, 0.15) is 52.0 Å². The number of rotatable bonds is 5. The fourth-order valence-electron chi connectivity index (χ4n) is 2.92. The van der Waals surface area contributed by atoms with Gasteiger partial charge in [-0.3, -0.25) is 4.90 Å². The molecule has 1 aliphatic rings. The first-order valence-electron chi connectivity index (χ1n) is 7.65. The summed E-state index contributed by atoms with van der Waals surface area (Å²) in [4.78, 5) is 7.01. The van der Waals surface area contributed by atoms with Crippen molar-refractivity contribution in [2.45, 2.75) is 65.1 Å². The van der Waals surface area contributed by atoms with E-state index in [-0.39, 0.29) is 0 Å². The van der Waals surface area contributed by atoms with Crippen molar-refractivity contribution in [1.29, 1.82) is 0 Å². The lowest BCUT2D eigenvalue weighted by atomic mass is 9.97. The molecule has 1 aromatic rings. The van der Waals surface area contributed by atoms with Crippen LogP contribution in [0.25, 0.3) is 0 Å². The van der Waals surface area contributed by atoms with Crippen molar-refractivity contribution in [3.8, 4) is 0 Å². The second-order valence-corrected chi connectivity index (χ2v) is 5.78. The van der Waals surface area contributed by atoms with E-state index in [9.17, 15) is 0 Å². The zero-order valence-corrected chi connectivity index (χ0v) is 12.5. The first-order chi connectivity index (χ1) is 9.20. The molecule has 3 nitrogen and oxygen atoms in total. The summed E-state index contributed by atoms with van der Waals surface area (Å²) in [5.74, 6) is 1.01. The van der Waals surface area contributed by atoms with E-state index in [2.05, 4.69) is 48.1 Å². The minimum absolute atomic E-state index is 0.698. The largest absolute Gasteiger partial charge is 0.370 e. The SMILES string of the molecule is CCCNc1cc(CN2C(C)CCCC2C)ccn1. The minimum Gasteiger partial charge on any atom is -0.370 e. The Balaban J connectivity index is 2.01. The van der Waals surface area contributed by atoms with Crippen LogP contribution >= 0.6 is 0 Å². The highest BCUT2D eigenvalue weighted by Crippen LogP contribution is 2.24. The number of piperidine rings is 1. The van der Waals surface area contributed by atoms with Gasteiger partial charge >= 0.3 is 0 Å². The predicted molar refractivity (Wildman–Crippen MR) is 81.3 cm³/mol. The highest BCUT2D eigenvalue weighted by atomic mass is 15.2. The number of nitrogens with one attached hydrogen (secondary N) is 1. The van der Waals surface area contributed by atoms with Crippen molar-refractivity contribution < 1.29 is 0 Å². The molecule has 1 N–H and O–H groups in total. The second-order valence-electron chi connectivity index (χ2n) is 5.78. The maximum Gasteiger partial charge on any atom is 0.126 e. The van der Waals surface area contributed by atoms with E-state index in [0.29, 0.717) is 12.1 Å². The van der Waals surface area contributed by atoms with Crippen molar-refractivity contribution in [2.75, 3.05) is 11.9 Å². The van der Waals surface area contributed by atoms with Gasteiger partial charge in [0.15, 0.2) is 0 Å². The van der Waals surface area contributed by atoms with Gasteiger partial charge in [0.2, 0.25) is 0 Å². The third-order valence-corrected chi connectivity index (χ3v) is 4.12.